The Balaban J connectivity index is 1.63. The summed E-state index contributed by atoms with van der Waals surface area (Å²) >= 11 is 5.86. The maximum Gasteiger partial charge on any atom is 0.226 e. The monoisotopic (exact) mass is 315 g/mol. The molecule has 0 bridgehead atoms. The molecule has 0 atom stereocenters. The van der Waals surface area contributed by atoms with E-state index in [4.69, 9.17) is 11.6 Å². The van der Waals surface area contributed by atoms with Gasteiger partial charge >= 0.3 is 0 Å². The van der Waals surface area contributed by atoms with Crippen molar-refractivity contribution in [2.45, 2.75) is 25.8 Å². The van der Waals surface area contributed by atoms with E-state index >= 15 is 0 Å². The van der Waals surface area contributed by atoms with Crippen LogP contribution in [0.1, 0.15) is 24.8 Å². The third kappa shape index (κ3) is 3.57. The van der Waals surface area contributed by atoms with Gasteiger partial charge in [0.1, 0.15) is 5.15 Å². The summed E-state index contributed by atoms with van der Waals surface area (Å²) in [5, 5.41) is 3.78. The second kappa shape index (κ2) is 6.79. The lowest BCUT2D eigenvalue weighted by molar-refractivity contribution is -0.119. The first kappa shape index (κ1) is 14.9. The minimum atomic E-state index is 0.226. The number of pyridine rings is 1. The van der Waals surface area contributed by atoms with Crippen LogP contribution >= 0.6 is 11.6 Å². The summed E-state index contributed by atoms with van der Waals surface area (Å²) in [6.45, 7) is 1.53. The highest BCUT2D eigenvalue weighted by Crippen LogP contribution is 2.21. The summed E-state index contributed by atoms with van der Waals surface area (Å²) < 4.78 is 0. The zero-order valence-electron chi connectivity index (χ0n) is 12.3. The van der Waals surface area contributed by atoms with E-state index in [9.17, 15) is 4.79 Å². The fraction of sp³-hybridized carbons (Fsp3) is 0.294. The Bertz CT molecular complexity index is 657. The van der Waals surface area contributed by atoms with Gasteiger partial charge in [0.15, 0.2) is 0 Å². The van der Waals surface area contributed by atoms with Crippen molar-refractivity contribution in [3.63, 3.8) is 0 Å². The number of rotatable bonds is 4. The van der Waals surface area contributed by atoms with Crippen molar-refractivity contribution in [2.75, 3.05) is 16.8 Å². The number of amides is 1. The zero-order chi connectivity index (χ0) is 15.4. The molecule has 1 aliphatic rings. The smallest absolute Gasteiger partial charge is 0.226 e. The summed E-state index contributed by atoms with van der Waals surface area (Å²) in [5.41, 5.74) is 3.08. The molecule has 5 heteroatoms. The second-order valence-corrected chi connectivity index (χ2v) is 5.78. The average molecular weight is 316 g/mol. The van der Waals surface area contributed by atoms with Gasteiger partial charge in [-0.1, -0.05) is 23.7 Å². The van der Waals surface area contributed by atoms with Crippen LogP contribution in [-0.2, 0) is 11.3 Å². The van der Waals surface area contributed by atoms with E-state index in [-0.39, 0.29) is 5.91 Å². The molecule has 1 aromatic heterocycles. The first-order valence-electron chi connectivity index (χ1n) is 7.47. The van der Waals surface area contributed by atoms with Crippen LogP contribution in [0.25, 0.3) is 0 Å². The number of hydrogen-bond acceptors (Lipinski definition) is 3. The molecule has 0 saturated carbocycles. The summed E-state index contributed by atoms with van der Waals surface area (Å²) in [7, 11) is 0. The predicted octanol–water partition coefficient (Wildman–Crippen LogP) is 3.86. The van der Waals surface area contributed by atoms with E-state index in [1.54, 1.807) is 12.3 Å². The van der Waals surface area contributed by atoms with Crippen molar-refractivity contribution in [3.05, 3.63) is 53.3 Å². The third-order valence-corrected chi connectivity index (χ3v) is 4.00. The predicted molar refractivity (Wildman–Crippen MR) is 89.2 cm³/mol. The molecule has 0 radical (unpaired) electrons. The van der Waals surface area contributed by atoms with Crippen molar-refractivity contribution < 1.29 is 4.79 Å². The number of carbonyl (C=O) groups excluding carboxylic acids is 1. The van der Waals surface area contributed by atoms with Crippen molar-refractivity contribution in [2.24, 2.45) is 0 Å². The fourth-order valence-electron chi connectivity index (χ4n) is 2.59. The molecule has 0 aliphatic carbocycles. The Morgan fingerprint density at radius 2 is 2.00 bits per heavy atom. The molecule has 1 aliphatic heterocycles. The molecule has 2 aromatic rings. The standard InChI is InChI=1S/C17H18ClN3O/c18-16-11-14(8-9-19-16)20-12-13-4-6-15(7-5-13)21-10-2-1-3-17(21)22/h4-9,11H,1-3,10,12H2,(H,19,20). The number of aromatic nitrogens is 1. The van der Waals surface area contributed by atoms with Crippen LogP contribution in [0.5, 0.6) is 0 Å². The molecule has 1 N–H and O–H groups in total. The summed E-state index contributed by atoms with van der Waals surface area (Å²) in [6.07, 6.45) is 4.42. The highest BCUT2D eigenvalue weighted by atomic mass is 35.5. The van der Waals surface area contributed by atoms with Gasteiger partial charge in [-0.15, -0.1) is 0 Å². The van der Waals surface area contributed by atoms with E-state index in [1.165, 1.54) is 0 Å². The molecule has 1 amide bonds. The second-order valence-electron chi connectivity index (χ2n) is 5.39. The Morgan fingerprint density at radius 1 is 1.18 bits per heavy atom. The Kier molecular flexibility index (Phi) is 4.59. The van der Waals surface area contributed by atoms with E-state index in [2.05, 4.69) is 10.3 Å². The Morgan fingerprint density at radius 3 is 2.73 bits per heavy atom. The van der Waals surface area contributed by atoms with Gasteiger partial charge in [0.05, 0.1) is 0 Å². The molecule has 3 rings (SSSR count). The van der Waals surface area contributed by atoms with Crippen LogP contribution in [0.3, 0.4) is 0 Å². The number of halogens is 1. The topological polar surface area (TPSA) is 45.2 Å². The molecule has 1 fully saturated rings. The number of hydrogen-bond donors (Lipinski definition) is 1. The number of nitrogens with zero attached hydrogens (tertiary/aromatic N) is 2. The number of anilines is 2. The number of piperidine rings is 1. The molecule has 1 aromatic carbocycles. The van der Waals surface area contributed by atoms with E-state index in [1.807, 2.05) is 35.2 Å². The van der Waals surface area contributed by atoms with Crippen LogP contribution in [0.4, 0.5) is 11.4 Å². The van der Waals surface area contributed by atoms with Crippen molar-refractivity contribution in [1.82, 2.24) is 4.98 Å². The van der Waals surface area contributed by atoms with Gasteiger partial charge in [-0.05, 0) is 42.7 Å². The van der Waals surface area contributed by atoms with Crippen LogP contribution in [-0.4, -0.2) is 17.4 Å². The summed E-state index contributed by atoms with van der Waals surface area (Å²) in [4.78, 5) is 17.7. The van der Waals surface area contributed by atoms with E-state index in [0.717, 1.165) is 36.3 Å². The molecule has 0 unspecified atom stereocenters. The first-order valence-corrected chi connectivity index (χ1v) is 7.85. The highest BCUT2D eigenvalue weighted by Gasteiger charge is 2.19. The lowest BCUT2D eigenvalue weighted by atomic mass is 10.1. The molecule has 0 spiro atoms. The normalized spacial score (nSPS) is 15.0. The number of benzene rings is 1. The molecule has 2 heterocycles. The lowest BCUT2D eigenvalue weighted by Gasteiger charge is -2.26. The molecule has 4 nitrogen and oxygen atoms in total. The van der Waals surface area contributed by atoms with E-state index < -0.39 is 0 Å². The molecular weight excluding hydrogens is 298 g/mol. The number of carbonyl (C=O) groups is 1. The van der Waals surface area contributed by atoms with Gasteiger partial charge in [-0.3, -0.25) is 4.79 Å². The van der Waals surface area contributed by atoms with Gasteiger partial charge < -0.3 is 10.2 Å². The minimum Gasteiger partial charge on any atom is -0.381 e. The Labute approximate surface area is 135 Å². The molecule has 114 valence electrons. The Hall–Kier alpha value is -2.07. The van der Waals surface area contributed by atoms with Crippen LogP contribution in [0, 0.1) is 0 Å². The van der Waals surface area contributed by atoms with Crippen LogP contribution in [0.2, 0.25) is 5.15 Å². The van der Waals surface area contributed by atoms with Crippen molar-refractivity contribution in [1.29, 1.82) is 0 Å². The van der Waals surface area contributed by atoms with Gasteiger partial charge in [0, 0.05) is 37.1 Å². The molecule has 22 heavy (non-hydrogen) atoms. The quantitative estimate of drug-likeness (QED) is 0.871. The highest BCUT2D eigenvalue weighted by molar-refractivity contribution is 6.29. The largest absolute Gasteiger partial charge is 0.381 e. The van der Waals surface area contributed by atoms with Crippen molar-refractivity contribution in [3.8, 4) is 0 Å². The minimum absolute atomic E-state index is 0.226. The number of nitrogens with one attached hydrogen (secondary N) is 1. The SMILES string of the molecule is O=C1CCCCN1c1ccc(CNc2ccnc(Cl)c2)cc1. The van der Waals surface area contributed by atoms with E-state index in [0.29, 0.717) is 18.1 Å². The van der Waals surface area contributed by atoms with Crippen LogP contribution in [0.15, 0.2) is 42.6 Å². The maximum absolute atomic E-state index is 11.9. The first-order chi connectivity index (χ1) is 10.7. The van der Waals surface area contributed by atoms with Crippen LogP contribution < -0.4 is 10.2 Å². The summed E-state index contributed by atoms with van der Waals surface area (Å²) in [6, 6.07) is 11.8. The van der Waals surface area contributed by atoms with Crippen molar-refractivity contribution >= 4 is 28.9 Å². The summed E-state index contributed by atoms with van der Waals surface area (Å²) in [5.74, 6) is 0.226. The molecular formula is C17H18ClN3O. The van der Waals surface area contributed by atoms with Gasteiger partial charge in [0.25, 0.3) is 0 Å². The third-order valence-electron chi connectivity index (χ3n) is 3.79. The average Bonchev–Trinajstić information content (AvgIpc) is 2.54. The molecule has 1 saturated heterocycles. The fourth-order valence-corrected chi connectivity index (χ4v) is 2.76. The zero-order valence-corrected chi connectivity index (χ0v) is 13.0. The van der Waals surface area contributed by atoms with Gasteiger partial charge in [-0.25, -0.2) is 4.98 Å². The lowest BCUT2D eigenvalue weighted by Crippen LogP contribution is -2.35. The maximum atomic E-state index is 11.9. The van der Waals surface area contributed by atoms with Gasteiger partial charge in [-0.2, -0.15) is 0 Å². The van der Waals surface area contributed by atoms with Gasteiger partial charge in [0.2, 0.25) is 5.91 Å².